The lowest BCUT2D eigenvalue weighted by Gasteiger charge is -2.21. The first-order valence-corrected chi connectivity index (χ1v) is 4.36. The van der Waals surface area contributed by atoms with E-state index in [0.717, 1.165) is 0 Å². The minimum atomic E-state index is -0.223. The summed E-state index contributed by atoms with van der Waals surface area (Å²) in [6.45, 7) is 7.05. The Hall–Kier alpha value is -0.590. The monoisotopic (exact) mass is 171 g/mol. The number of rotatable bonds is 6. The standard InChI is InChI=1S/C9H17NO2/c1-4-11-9(12-5-2)8(3)6-7-10/h8-9H,4-6H2,1-3H3. The van der Waals surface area contributed by atoms with Crippen LogP contribution in [0.25, 0.3) is 0 Å². The summed E-state index contributed by atoms with van der Waals surface area (Å²) in [4.78, 5) is 0. The van der Waals surface area contributed by atoms with E-state index < -0.39 is 0 Å². The van der Waals surface area contributed by atoms with Crippen LogP contribution >= 0.6 is 0 Å². The molecule has 3 nitrogen and oxygen atoms in total. The molecule has 0 fully saturated rings. The van der Waals surface area contributed by atoms with Crippen LogP contribution < -0.4 is 0 Å². The summed E-state index contributed by atoms with van der Waals surface area (Å²) in [5, 5.41) is 8.46. The molecule has 0 spiro atoms. The summed E-state index contributed by atoms with van der Waals surface area (Å²) >= 11 is 0. The van der Waals surface area contributed by atoms with Gasteiger partial charge in [-0.05, 0) is 13.8 Å². The average Bonchev–Trinajstić information content (AvgIpc) is 2.04. The number of nitriles is 1. The molecular formula is C9H17NO2. The van der Waals surface area contributed by atoms with Crippen LogP contribution in [0.1, 0.15) is 27.2 Å². The Labute approximate surface area is 74.3 Å². The fourth-order valence-corrected chi connectivity index (χ4v) is 0.945. The van der Waals surface area contributed by atoms with Crippen LogP contribution in [-0.2, 0) is 9.47 Å². The first-order valence-electron chi connectivity index (χ1n) is 4.36. The van der Waals surface area contributed by atoms with Crippen molar-refractivity contribution in [3.05, 3.63) is 0 Å². The number of nitrogens with zero attached hydrogens (tertiary/aromatic N) is 1. The highest BCUT2D eigenvalue weighted by atomic mass is 16.7. The SMILES string of the molecule is CCOC(OCC)C(C)CC#N. The molecule has 0 radical (unpaired) electrons. The lowest BCUT2D eigenvalue weighted by atomic mass is 10.1. The molecule has 0 aliphatic carbocycles. The van der Waals surface area contributed by atoms with Gasteiger partial charge in [-0.3, -0.25) is 0 Å². The van der Waals surface area contributed by atoms with Gasteiger partial charge < -0.3 is 9.47 Å². The van der Waals surface area contributed by atoms with E-state index in [1.54, 1.807) is 0 Å². The maximum Gasteiger partial charge on any atom is 0.161 e. The first kappa shape index (κ1) is 11.4. The molecule has 0 bridgehead atoms. The molecule has 0 aromatic carbocycles. The predicted molar refractivity (Wildman–Crippen MR) is 46.4 cm³/mol. The van der Waals surface area contributed by atoms with Crippen LogP contribution in [0, 0.1) is 17.2 Å². The van der Waals surface area contributed by atoms with Gasteiger partial charge >= 0.3 is 0 Å². The smallest absolute Gasteiger partial charge is 0.161 e. The van der Waals surface area contributed by atoms with Gasteiger partial charge in [-0.2, -0.15) is 5.26 Å². The second-order valence-electron chi connectivity index (χ2n) is 2.62. The topological polar surface area (TPSA) is 42.2 Å². The van der Waals surface area contributed by atoms with Gasteiger partial charge in [-0.25, -0.2) is 0 Å². The van der Waals surface area contributed by atoms with E-state index in [2.05, 4.69) is 6.07 Å². The molecule has 0 saturated heterocycles. The fraction of sp³-hybridized carbons (Fsp3) is 0.889. The van der Waals surface area contributed by atoms with Crippen LogP contribution in [0.15, 0.2) is 0 Å². The van der Waals surface area contributed by atoms with Crippen molar-refractivity contribution in [3.63, 3.8) is 0 Å². The molecule has 0 aromatic rings. The van der Waals surface area contributed by atoms with Gasteiger partial charge in [-0.1, -0.05) is 6.92 Å². The highest BCUT2D eigenvalue weighted by molar-refractivity contribution is 4.75. The minimum absolute atomic E-state index is 0.148. The zero-order valence-corrected chi connectivity index (χ0v) is 8.04. The maximum atomic E-state index is 8.46. The van der Waals surface area contributed by atoms with Crippen LogP contribution in [-0.4, -0.2) is 19.5 Å². The molecule has 0 amide bonds. The Morgan fingerprint density at radius 3 is 2.08 bits per heavy atom. The van der Waals surface area contributed by atoms with E-state index in [1.165, 1.54) is 0 Å². The maximum absolute atomic E-state index is 8.46. The minimum Gasteiger partial charge on any atom is -0.353 e. The number of hydrogen-bond acceptors (Lipinski definition) is 3. The largest absolute Gasteiger partial charge is 0.353 e. The zero-order chi connectivity index (χ0) is 9.40. The van der Waals surface area contributed by atoms with E-state index in [9.17, 15) is 0 Å². The van der Waals surface area contributed by atoms with Crippen molar-refractivity contribution in [1.82, 2.24) is 0 Å². The third-order valence-corrected chi connectivity index (χ3v) is 1.54. The molecule has 0 rings (SSSR count). The molecule has 0 heterocycles. The molecule has 0 aliphatic rings. The van der Waals surface area contributed by atoms with E-state index in [-0.39, 0.29) is 12.2 Å². The van der Waals surface area contributed by atoms with E-state index in [4.69, 9.17) is 14.7 Å². The molecule has 70 valence electrons. The Bertz CT molecular complexity index is 136. The summed E-state index contributed by atoms with van der Waals surface area (Å²) in [6.07, 6.45) is 0.254. The van der Waals surface area contributed by atoms with Crippen LogP contribution in [0.5, 0.6) is 0 Å². The summed E-state index contributed by atoms with van der Waals surface area (Å²) in [5.41, 5.74) is 0. The van der Waals surface area contributed by atoms with Crippen molar-refractivity contribution >= 4 is 0 Å². The van der Waals surface area contributed by atoms with E-state index >= 15 is 0 Å². The van der Waals surface area contributed by atoms with E-state index in [0.29, 0.717) is 19.6 Å². The quantitative estimate of drug-likeness (QED) is 0.573. The molecule has 3 heteroatoms. The van der Waals surface area contributed by atoms with Crippen molar-refractivity contribution in [3.8, 4) is 6.07 Å². The number of ether oxygens (including phenoxy) is 2. The Balaban J connectivity index is 3.82. The van der Waals surface area contributed by atoms with Gasteiger partial charge in [0.05, 0.1) is 6.07 Å². The molecule has 12 heavy (non-hydrogen) atoms. The molecule has 0 aromatic heterocycles. The van der Waals surface area contributed by atoms with Gasteiger partial charge in [0, 0.05) is 25.6 Å². The van der Waals surface area contributed by atoms with Crippen molar-refractivity contribution in [1.29, 1.82) is 5.26 Å². The number of hydrogen-bond donors (Lipinski definition) is 0. The Kier molecular flexibility index (Phi) is 6.73. The average molecular weight is 171 g/mol. The van der Waals surface area contributed by atoms with Gasteiger partial charge in [0.2, 0.25) is 0 Å². The molecular weight excluding hydrogens is 154 g/mol. The lowest BCUT2D eigenvalue weighted by molar-refractivity contribution is -0.162. The Morgan fingerprint density at radius 1 is 1.25 bits per heavy atom. The molecule has 1 unspecified atom stereocenters. The fourth-order valence-electron chi connectivity index (χ4n) is 0.945. The van der Waals surface area contributed by atoms with Gasteiger partial charge in [0.25, 0.3) is 0 Å². The first-order chi connectivity index (χ1) is 5.76. The van der Waals surface area contributed by atoms with Gasteiger partial charge in [-0.15, -0.1) is 0 Å². The lowest BCUT2D eigenvalue weighted by Crippen LogP contribution is -2.25. The summed E-state index contributed by atoms with van der Waals surface area (Å²) in [6, 6.07) is 2.10. The van der Waals surface area contributed by atoms with E-state index in [1.807, 2.05) is 20.8 Å². The molecule has 0 aliphatic heterocycles. The van der Waals surface area contributed by atoms with Crippen molar-refractivity contribution in [2.45, 2.75) is 33.5 Å². The van der Waals surface area contributed by atoms with Crippen LogP contribution in [0.2, 0.25) is 0 Å². The second-order valence-corrected chi connectivity index (χ2v) is 2.62. The molecule has 1 atom stereocenters. The molecule has 0 N–H and O–H groups in total. The van der Waals surface area contributed by atoms with Crippen molar-refractivity contribution in [2.24, 2.45) is 5.92 Å². The summed E-state index contributed by atoms with van der Waals surface area (Å²) in [7, 11) is 0. The highest BCUT2D eigenvalue weighted by Crippen LogP contribution is 2.12. The highest BCUT2D eigenvalue weighted by Gasteiger charge is 2.16. The summed E-state index contributed by atoms with van der Waals surface area (Å²) in [5.74, 6) is 0.148. The van der Waals surface area contributed by atoms with Gasteiger partial charge in [0.15, 0.2) is 6.29 Å². The van der Waals surface area contributed by atoms with Crippen molar-refractivity contribution in [2.75, 3.05) is 13.2 Å². The summed E-state index contributed by atoms with van der Waals surface area (Å²) < 4.78 is 10.6. The zero-order valence-electron chi connectivity index (χ0n) is 8.04. The van der Waals surface area contributed by atoms with Crippen LogP contribution in [0.4, 0.5) is 0 Å². The third-order valence-electron chi connectivity index (χ3n) is 1.54. The normalized spacial score (nSPS) is 12.9. The second kappa shape index (κ2) is 7.08. The molecule has 0 saturated carbocycles. The van der Waals surface area contributed by atoms with Crippen LogP contribution in [0.3, 0.4) is 0 Å². The third kappa shape index (κ3) is 4.32. The Morgan fingerprint density at radius 2 is 1.75 bits per heavy atom. The predicted octanol–water partition coefficient (Wildman–Crippen LogP) is 1.94. The van der Waals surface area contributed by atoms with Gasteiger partial charge in [0.1, 0.15) is 0 Å². The van der Waals surface area contributed by atoms with Crippen molar-refractivity contribution < 1.29 is 9.47 Å².